The predicted molar refractivity (Wildman–Crippen MR) is 85.2 cm³/mol. The van der Waals surface area contributed by atoms with Crippen molar-refractivity contribution >= 4 is 17.7 Å². The van der Waals surface area contributed by atoms with Gasteiger partial charge in [-0.05, 0) is 31.0 Å². The average Bonchev–Trinajstić information content (AvgIpc) is 3.00. The quantitative estimate of drug-likeness (QED) is 0.793. The molecule has 0 bridgehead atoms. The number of amides is 2. The molecule has 1 aliphatic rings. The van der Waals surface area contributed by atoms with E-state index in [2.05, 4.69) is 15.3 Å². The van der Waals surface area contributed by atoms with Gasteiger partial charge < -0.3 is 20.3 Å². The van der Waals surface area contributed by atoms with Crippen molar-refractivity contribution in [3.05, 3.63) is 36.3 Å². The van der Waals surface area contributed by atoms with Gasteiger partial charge in [0.1, 0.15) is 0 Å². The van der Waals surface area contributed by atoms with Gasteiger partial charge in [-0.2, -0.15) is 0 Å². The van der Waals surface area contributed by atoms with Gasteiger partial charge in [-0.15, -0.1) is 0 Å². The van der Waals surface area contributed by atoms with Crippen LogP contribution in [-0.4, -0.2) is 33.1 Å². The molecule has 1 aromatic heterocycles. The molecule has 3 rings (SSSR count). The average molecular weight is 314 g/mol. The van der Waals surface area contributed by atoms with Crippen LogP contribution in [0.25, 0.3) is 11.3 Å². The first-order chi connectivity index (χ1) is 11.0. The molecule has 2 heterocycles. The maximum Gasteiger partial charge on any atom is 0.405 e. The third kappa shape index (κ3) is 2.77. The van der Waals surface area contributed by atoms with Gasteiger partial charge in [0.2, 0.25) is 5.91 Å². The first kappa shape index (κ1) is 15.1. The van der Waals surface area contributed by atoms with Crippen LogP contribution in [0.2, 0.25) is 0 Å². The number of carbonyl (C=O) groups is 2. The summed E-state index contributed by atoms with van der Waals surface area (Å²) in [6.07, 6.45) is 2.75. The molecule has 23 heavy (non-hydrogen) atoms. The lowest BCUT2D eigenvalue weighted by Crippen LogP contribution is -2.45. The molecule has 0 saturated heterocycles. The highest BCUT2D eigenvalue weighted by Crippen LogP contribution is 2.39. The molecule has 0 radical (unpaired) electrons. The second-order valence-electron chi connectivity index (χ2n) is 5.71. The molecule has 0 unspecified atom stereocenters. The minimum atomic E-state index is -1.07. The summed E-state index contributed by atoms with van der Waals surface area (Å²) >= 11 is 0. The number of carbonyl (C=O) groups excluding carboxylic acids is 1. The van der Waals surface area contributed by atoms with E-state index in [1.54, 1.807) is 17.4 Å². The summed E-state index contributed by atoms with van der Waals surface area (Å²) in [7, 11) is 0. The molecule has 0 aliphatic carbocycles. The van der Waals surface area contributed by atoms with Crippen LogP contribution < -0.4 is 10.2 Å². The summed E-state index contributed by atoms with van der Waals surface area (Å²) in [5.74, 6) is -0.0539. The van der Waals surface area contributed by atoms with Crippen molar-refractivity contribution in [2.45, 2.75) is 32.4 Å². The van der Waals surface area contributed by atoms with Crippen LogP contribution in [0.4, 0.5) is 10.5 Å². The monoisotopic (exact) mass is 314 g/mol. The Kier molecular flexibility index (Phi) is 3.77. The summed E-state index contributed by atoms with van der Waals surface area (Å²) in [6, 6.07) is 5.24. The third-order valence-electron chi connectivity index (χ3n) is 4.13. The van der Waals surface area contributed by atoms with Gasteiger partial charge in [0, 0.05) is 24.2 Å². The molecular formula is C16H18N4O3. The van der Waals surface area contributed by atoms with Crippen LogP contribution in [0.15, 0.2) is 30.7 Å². The number of fused-ring (bicyclic) bond motifs is 1. The lowest BCUT2D eigenvalue weighted by molar-refractivity contribution is -0.117. The van der Waals surface area contributed by atoms with E-state index in [4.69, 9.17) is 5.11 Å². The largest absolute Gasteiger partial charge is 0.465 e. The zero-order valence-electron chi connectivity index (χ0n) is 12.9. The summed E-state index contributed by atoms with van der Waals surface area (Å²) < 4.78 is 0. The van der Waals surface area contributed by atoms with Crippen LogP contribution >= 0.6 is 0 Å². The Morgan fingerprint density at radius 2 is 2.22 bits per heavy atom. The zero-order chi connectivity index (χ0) is 16.6. The molecule has 1 aliphatic heterocycles. The van der Waals surface area contributed by atoms with E-state index in [0.717, 1.165) is 22.5 Å². The molecule has 7 nitrogen and oxygen atoms in total. The molecule has 120 valence electrons. The van der Waals surface area contributed by atoms with E-state index in [0.29, 0.717) is 6.42 Å². The predicted octanol–water partition coefficient (Wildman–Crippen LogP) is 2.53. The maximum atomic E-state index is 12.0. The Hall–Kier alpha value is -2.83. The summed E-state index contributed by atoms with van der Waals surface area (Å²) in [6.45, 7) is 3.44. The molecule has 1 aromatic carbocycles. The molecular weight excluding hydrogens is 296 g/mol. The first-order valence-corrected chi connectivity index (χ1v) is 7.39. The van der Waals surface area contributed by atoms with Gasteiger partial charge in [-0.25, -0.2) is 9.78 Å². The zero-order valence-corrected chi connectivity index (χ0v) is 12.9. The number of aromatic nitrogens is 2. The van der Waals surface area contributed by atoms with E-state index >= 15 is 0 Å². The molecule has 0 saturated carbocycles. The number of nitrogens with zero attached hydrogens (tertiary/aromatic N) is 2. The van der Waals surface area contributed by atoms with Gasteiger partial charge in [-0.1, -0.05) is 6.07 Å². The summed E-state index contributed by atoms with van der Waals surface area (Å²) in [4.78, 5) is 31.8. The normalized spacial score (nSPS) is 20.0. The van der Waals surface area contributed by atoms with Crippen molar-refractivity contribution in [1.82, 2.24) is 15.3 Å². The number of imidazole rings is 1. The van der Waals surface area contributed by atoms with Gasteiger partial charge in [0.15, 0.2) is 0 Å². The number of hydrogen-bond donors (Lipinski definition) is 3. The number of benzene rings is 1. The molecule has 7 heteroatoms. The van der Waals surface area contributed by atoms with E-state index in [9.17, 15) is 9.59 Å². The van der Waals surface area contributed by atoms with Crippen LogP contribution in [0.3, 0.4) is 0 Å². The van der Waals surface area contributed by atoms with Gasteiger partial charge in [0.25, 0.3) is 0 Å². The van der Waals surface area contributed by atoms with Gasteiger partial charge in [-0.3, -0.25) is 4.79 Å². The molecule has 0 fully saturated rings. The van der Waals surface area contributed by atoms with Crippen LogP contribution in [0.5, 0.6) is 0 Å². The molecule has 0 spiro atoms. The maximum absolute atomic E-state index is 12.0. The Labute approximate surface area is 133 Å². The second-order valence-corrected chi connectivity index (χ2v) is 5.71. The van der Waals surface area contributed by atoms with E-state index in [1.807, 2.05) is 25.1 Å². The van der Waals surface area contributed by atoms with Crippen molar-refractivity contribution in [2.24, 2.45) is 0 Å². The van der Waals surface area contributed by atoms with E-state index in [1.165, 1.54) is 6.92 Å². The van der Waals surface area contributed by atoms with Crippen molar-refractivity contribution < 1.29 is 14.7 Å². The van der Waals surface area contributed by atoms with Crippen molar-refractivity contribution in [1.29, 1.82) is 0 Å². The number of H-pyrrole nitrogens is 1. The fourth-order valence-electron chi connectivity index (χ4n) is 3.21. The van der Waals surface area contributed by atoms with Crippen LogP contribution in [0.1, 0.15) is 31.9 Å². The minimum absolute atomic E-state index is 0.0539. The SMILES string of the molecule is CC(=O)N1c2ccc(-c3cnc[nH]3)cc2[C@H](NC(=O)O)C[C@@H]1C. The topological polar surface area (TPSA) is 98.3 Å². The van der Waals surface area contributed by atoms with E-state index < -0.39 is 6.09 Å². The lowest BCUT2D eigenvalue weighted by atomic mass is 9.90. The molecule has 2 aromatic rings. The van der Waals surface area contributed by atoms with Crippen LogP contribution in [-0.2, 0) is 4.79 Å². The lowest BCUT2D eigenvalue weighted by Gasteiger charge is -2.39. The Morgan fingerprint density at radius 1 is 1.43 bits per heavy atom. The minimum Gasteiger partial charge on any atom is -0.465 e. The Balaban J connectivity index is 2.10. The highest BCUT2D eigenvalue weighted by Gasteiger charge is 2.33. The summed E-state index contributed by atoms with van der Waals surface area (Å²) in [5, 5.41) is 11.7. The Morgan fingerprint density at radius 3 is 2.83 bits per heavy atom. The smallest absolute Gasteiger partial charge is 0.405 e. The van der Waals surface area contributed by atoms with E-state index in [-0.39, 0.29) is 18.0 Å². The molecule has 3 N–H and O–H groups in total. The van der Waals surface area contributed by atoms with Crippen molar-refractivity contribution in [3.8, 4) is 11.3 Å². The molecule has 2 amide bonds. The second kappa shape index (κ2) is 5.75. The number of rotatable bonds is 2. The van der Waals surface area contributed by atoms with Gasteiger partial charge in [0.05, 0.1) is 24.3 Å². The number of anilines is 1. The van der Waals surface area contributed by atoms with Crippen molar-refractivity contribution in [2.75, 3.05) is 4.90 Å². The van der Waals surface area contributed by atoms with Gasteiger partial charge >= 0.3 is 6.09 Å². The number of hydrogen-bond acceptors (Lipinski definition) is 3. The summed E-state index contributed by atoms with van der Waals surface area (Å²) in [5.41, 5.74) is 3.29. The Bertz CT molecular complexity index is 742. The first-order valence-electron chi connectivity index (χ1n) is 7.39. The molecule has 2 atom stereocenters. The number of nitrogens with one attached hydrogen (secondary N) is 2. The third-order valence-corrected chi connectivity index (χ3v) is 4.13. The van der Waals surface area contributed by atoms with Crippen LogP contribution in [0, 0.1) is 0 Å². The van der Waals surface area contributed by atoms with Crippen molar-refractivity contribution in [3.63, 3.8) is 0 Å². The standard InChI is InChI=1S/C16H18N4O3/c1-9-5-13(19-16(22)23)12-6-11(14-7-17-8-18-14)3-4-15(12)20(9)10(2)21/h3-4,6-9,13,19H,5H2,1-2H3,(H,17,18)(H,22,23)/t9-,13+/m0/s1. The number of aromatic amines is 1. The fraction of sp³-hybridized carbons (Fsp3) is 0.312. The number of carboxylic acid groups (broad SMARTS) is 1. The highest BCUT2D eigenvalue weighted by molar-refractivity contribution is 5.94. The fourth-order valence-corrected chi connectivity index (χ4v) is 3.21. The highest BCUT2D eigenvalue weighted by atomic mass is 16.4.